The number of carbonyl (C=O) groups excluding carboxylic acids is 1. The lowest BCUT2D eigenvalue weighted by Crippen LogP contribution is -2.42. The summed E-state index contributed by atoms with van der Waals surface area (Å²) < 4.78 is 16.6. The normalized spacial score (nSPS) is 11.2. The van der Waals surface area contributed by atoms with E-state index in [9.17, 15) is 18.8 Å². The van der Waals surface area contributed by atoms with Crippen LogP contribution in [0.25, 0.3) is 5.69 Å². The summed E-state index contributed by atoms with van der Waals surface area (Å²) in [5, 5.41) is 4.21. The highest BCUT2D eigenvalue weighted by molar-refractivity contribution is 6.06. The highest BCUT2D eigenvalue weighted by atomic mass is 19.1. The lowest BCUT2D eigenvalue weighted by molar-refractivity contribution is 0.0981. The van der Waals surface area contributed by atoms with Crippen molar-refractivity contribution in [2.45, 2.75) is 40.2 Å². The minimum atomic E-state index is -0.745. The van der Waals surface area contributed by atoms with Crippen molar-refractivity contribution in [2.24, 2.45) is 5.92 Å². The second-order valence-corrected chi connectivity index (χ2v) is 7.90. The average Bonchev–Trinajstić information content (AvgIpc) is 3.23. The molecule has 1 amide bonds. The van der Waals surface area contributed by atoms with Gasteiger partial charge in [-0.05, 0) is 30.5 Å². The third-order valence-corrected chi connectivity index (χ3v) is 4.92. The van der Waals surface area contributed by atoms with Crippen molar-refractivity contribution >= 4 is 17.4 Å². The maximum atomic E-state index is 14.1. The van der Waals surface area contributed by atoms with Crippen LogP contribution in [0.3, 0.4) is 0 Å². The lowest BCUT2D eigenvalue weighted by Gasteiger charge is -2.24. The summed E-state index contributed by atoms with van der Waals surface area (Å²) in [5.41, 5.74) is 4.95. The van der Waals surface area contributed by atoms with E-state index in [1.54, 1.807) is 12.1 Å². The smallest absolute Gasteiger partial charge is 0.330 e. The maximum absolute atomic E-state index is 14.1. The van der Waals surface area contributed by atoms with Gasteiger partial charge in [0.05, 0.1) is 0 Å². The van der Waals surface area contributed by atoms with Crippen LogP contribution in [0.4, 0.5) is 15.9 Å². The number of aromatic amines is 1. The number of para-hydroxylation sites is 1. The molecule has 3 aromatic rings. The summed E-state index contributed by atoms with van der Waals surface area (Å²) >= 11 is 0. The highest BCUT2D eigenvalue weighted by Gasteiger charge is 2.26. The van der Waals surface area contributed by atoms with Crippen molar-refractivity contribution in [3.05, 3.63) is 68.9 Å². The largest absolute Gasteiger partial charge is 0.383 e. The summed E-state index contributed by atoms with van der Waals surface area (Å²) in [7, 11) is 0. The van der Waals surface area contributed by atoms with Gasteiger partial charge in [0.1, 0.15) is 17.3 Å². The zero-order valence-corrected chi connectivity index (χ0v) is 18.3. The van der Waals surface area contributed by atoms with Crippen LogP contribution >= 0.6 is 0 Å². The number of aromatic nitrogens is 4. The van der Waals surface area contributed by atoms with Gasteiger partial charge in [-0.2, -0.15) is 5.10 Å². The van der Waals surface area contributed by atoms with E-state index in [0.717, 1.165) is 6.42 Å². The van der Waals surface area contributed by atoms with E-state index in [0.29, 0.717) is 6.42 Å². The second kappa shape index (κ2) is 9.63. The summed E-state index contributed by atoms with van der Waals surface area (Å²) in [4.78, 5) is 41.8. The molecule has 3 N–H and O–H groups in total. The number of nitrogens with zero attached hydrogens (tertiary/aromatic N) is 4. The quantitative estimate of drug-likeness (QED) is 0.556. The number of hydrogen-bond acceptors (Lipinski definition) is 5. The Balaban J connectivity index is 2.07. The van der Waals surface area contributed by atoms with E-state index >= 15 is 0 Å². The van der Waals surface area contributed by atoms with Crippen LogP contribution in [0.15, 0.2) is 46.1 Å². The Morgan fingerprint density at radius 2 is 1.97 bits per heavy atom. The topological polar surface area (TPSA) is 119 Å². The highest BCUT2D eigenvalue weighted by Crippen LogP contribution is 2.21. The molecular weight excluding hydrogens is 415 g/mol. The second-order valence-electron chi connectivity index (χ2n) is 7.90. The molecule has 9 nitrogen and oxygen atoms in total. The zero-order valence-electron chi connectivity index (χ0n) is 18.3. The predicted molar refractivity (Wildman–Crippen MR) is 121 cm³/mol. The molecule has 32 heavy (non-hydrogen) atoms. The molecule has 0 aliphatic rings. The first-order valence-electron chi connectivity index (χ1n) is 10.5. The molecule has 0 spiro atoms. The monoisotopic (exact) mass is 442 g/mol. The Morgan fingerprint density at radius 1 is 1.25 bits per heavy atom. The first-order valence-corrected chi connectivity index (χ1v) is 10.5. The number of halogens is 1. The van der Waals surface area contributed by atoms with Crippen LogP contribution in [-0.2, 0) is 6.54 Å². The minimum absolute atomic E-state index is 0.0183. The van der Waals surface area contributed by atoms with Crippen LogP contribution in [0.5, 0.6) is 0 Å². The van der Waals surface area contributed by atoms with Crippen molar-refractivity contribution < 1.29 is 9.18 Å². The number of nitrogens with two attached hydrogens (primary N) is 1. The molecule has 2 heterocycles. The zero-order chi connectivity index (χ0) is 23.4. The fourth-order valence-corrected chi connectivity index (χ4v) is 3.36. The Morgan fingerprint density at radius 3 is 2.62 bits per heavy atom. The molecule has 0 saturated heterocycles. The number of nitrogens with one attached hydrogen (secondary N) is 1. The Hall–Kier alpha value is -3.69. The van der Waals surface area contributed by atoms with E-state index in [2.05, 4.69) is 10.1 Å². The van der Waals surface area contributed by atoms with Crippen LogP contribution in [-0.4, -0.2) is 31.8 Å². The number of nitrogen functional groups attached to an aromatic ring is 1. The van der Waals surface area contributed by atoms with Crippen LogP contribution in [0.2, 0.25) is 0 Å². The number of carbonyl (C=O) groups is 1. The summed E-state index contributed by atoms with van der Waals surface area (Å²) in [6, 6.07) is 7.50. The van der Waals surface area contributed by atoms with Gasteiger partial charge in [0, 0.05) is 19.3 Å². The Bertz CT molecular complexity index is 1230. The third-order valence-electron chi connectivity index (χ3n) is 4.92. The molecule has 2 aromatic heterocycles. The number of anilines is 2. The number of benzene rings is 1. The van der Waals surface area contributed by atoms with Crippen molar-refractivity contribution in [2.75, 3.05) is 17.2 Å². The number of unbranched alkanes of at least 4 members (excludes halogenated alkanes) is 1. The number of H-pyrrole nitrogens is 1. The van der Waals surface area contributed by atoms with Crippen molar-refractivity contribution in [3.8, 4) is 5.69 Å². The number of hydrogen-bond donors (Lipinski definition) is 2. The molecule has 0 atom stereocenters. The van der Waals surface area contributed by atoms with E-state index in [4.69, 9.17) is 5.73 Å². The molecule has 0 aliphatic carbocycles. The summed E-state index contributed by atoms with van der Waals surface area (Å²) in [6.45, 7) is 6.25. The Labute approximate surface area is 184 Å². The maximum Gasteiger partial charge on any atom is 0.330 e. The third kappa shape index (κ3) is 4.63. The summed E-state index contributed by atoms with van der Waals surface area (Å²) in [6.07, 6.45) is 2.83. The SMILES string of the molecule is CCCCN(C(=O)c1ccn(-c2ccccc2F)n1)c1c(N)n(CC(C)C)c(=O)[nH]c1=O. The van der Waals surface area contributed by atoms with Gasteiger partial charge in [-0.1, -0.05) is 39.3 Å². The molecular formula is C22H27FN6O3. The predicted octanol–water partition coefficient (Wildman–Crippen LogP) is 2.55. The van der Waals surface area contributed by atoms with Gasteiger partial charge in [-0.3, -0.25) is 24.0 Å². The number of amides is 1. The minimum Gasteiger partial charge on any atom is -0.383 e. The van der Waals surface area contributed by atoms with Crippen LogP contribution < -0.4 is 21.9 Å². The first-order chi connectivity index (χ1) is 15.2. The average molecular weight is 442 g/mol. The summed E-state index contributed by atoms with van der Waals surface area (Å²) in [5.74, 6) is -1.05. The molecule has 0 fully saturated rings. The van der Waals surface area contributed by atoms with Crippen molar-refractivity contribution in [1.29, 1.82) is 0 Å². The van der Waals surface area contributed by atoms with Gasteiger partial charge in [0.15, 0.2) is 11.4 Å². The van der Waals surface area contributed by atoms with E-state index < -0.39 is 23.0 Å². The van der Waals surface area contributed by atoms with Gasteiger partial charge < -0.3 is 5.73 Å². The molecule has 0 unspecified atom stereocenters. The van der Waals surface area contributed by atoms with Gasteiger partial charge in [0.25, 0.3) is 11.5 Å². The molecule has 1 aromatic carbocycles. The van der Waals surface area contributed by atoms with Gasteiger partial charge in [-0.15, -0.1) is 0 Å². The Kier molecular flexibility index (Phi) is 6.92. The van der Waals surface area contributed by atoms with Crippen LogP contribution in [0, 0.1) is 11.7 Å². The molecule has 3 rings (SSSR count). The molecule has 10 heteroatoms. The van der Waals surface area contributed by atoms with E-state index in [1.165, 1.54) is 38.5 Å². The molecule has 0 radical (unpaired) electrons. The van der Waals surface area contributed by atoms with E-state index in [-0.39, 0.29) is 41.9 Å². The first kappa shape index (κ1) is 23.0. The van der Waals surface area contributed by atoms with Crippen LogP contribution in [0.1, 0.15) is 44.1 Å². The fourth-order valence-electron chi connectivity index (χ4n) is 3.36. The number of rotatable bonds is 8. The van der Waals surface area contributed by atoms with Gasteiger partial charge in [-0.25, -0.2) is 13.9 Å². The van der Waals surface area contributed by atoms with Crippen molar-refractivity contribution in [1.82, 2.24) is 19.3 Å². The van der Waals surface area contributed by atoms with Gasteiger partial charge >= 0.3 is 5.69 Å². The molecule has 0 aliphatic heterocycles. The molecule has 0 bridgehead atoms. The molecule has 170 valence electrons. The molecule has 0 saturated carbocycles. The van der Waals surface area contributed by atoms with E-state index in [1.807, 2.05) is 20.8 Å². The van der Waals surface area contributed by atoms with Crippen molar-refractivity contribution in [3.63, 3.8) is 0 Å². The lowest BCUT2D eigenvalue weighted by atomic mass is 10.2. The fraction of sp³-hybridized carbons (Fsp3) is 0.364. The standard InChI is InChI=1S/C22H27FN6O3/c1-4-5-11-27(18-19(24)28(13-14(2)3)22(32)25-20(18)30)21(31)16-10-12-29(26-16)17-9-7-6-8-15(17)23/h6-10,12,14H,4-5,11,13,24H2,1-3H3,(H,25,30,32). The van der Waals surface area contributed by atoms with Gasteiger partial charge in [0.2, 0.25) is 0 Å².